The number of rotatable bonds is 7. The Balaban J connectivity index is 2.09. The highest BCUT2D eigenvalue weighted by Gasteiger charge is 2.28. The van der Waals surface area contributed by atoms with E-state index in [-0.39, 0.29) is 27.9 Å². The first-order chi connectivity index (χ1) is 13.0. The predicted octanol–water partition coefficient (Wildman–Crippen LogP) is 2.51. The molecule has 7 nitrogen and oxygen atoms in total. The minimum atomic E-state index is -4.50. The van der Waals surface area contributed by atoms with Crippen molar-refractivity contribution in [2.24, 2.45) is 0 Å². The lowest BCUT2D eigenvalue weighted by Crippen LogP contribution is -2.24. The van der Waals surface area contributed by atoms with Crippen molar-refractivity contribution in [1.29, 1.82) is 0 Å². The van der Waals surface area contributed by atoms with Gasteiger partial charge in [-0.1, -0.05) is 11.6 Å². The molecule has 0 saturated heterocycles. The molecule has 0 fully saturated rings. The maximum absolute atomic E-state index is 12.3. The van der Waals surface area contributed by atoms with E-state index in [0.29, 0.717) is 5.56 Å². The Morgan fingerprint density at radius 1 is 1.25 bits per heavy atom. The van der Waals surface area contributed by atoms with E-state index in [0.717, 1.165) is 6.07 Å². The number of hydrogen-bond donors (Lipinski definition) is 2. The van der Waals surface area contributed by atoms with Crippen LogP contribution in [0.1, 0.15) is 15.9 Å². The number of hydrogen-bond acceptors (Lipinski definition) is 5. The Bertz CT molecular complexity index is 968. The van der Waals surface area contributed by atoms with Crippen LogP contribution in [0.5, 0.6) is 5.88 Å². The van der Waals surface area contributed by atoms with Gasteiger partial charge in [0, 0.05) is 18.8 Å². The van der Waals surface area contributed by atoms with Gasteiger partial charge in [-0.2, -0.15) is 13.2 Å². The molecular weight excluding hydrogens is 423 g/mol. The smallest absolute Gasteiger partial charge is 0.422 e. The summed E-state index contributed by atoms with van der Waals surface area (Å²) in [4.78, 5) is 15.9. The summed E-state index contributed by atoms with van der Waals surface area (Å²) in [6, 6.07) is 6.36. The molecule has 152 valence electrons. The number of carbonyl (C=O) groups excluding carboxylic acids is 1. The molecule has 0 bridgehead atoms. The third-order valence-corrected chi connectivity index (χ3v) is 5.14. The molecule has 2 aromatic rings. The van der Waals surface area contributed by atoms with E-state index < -0.39 is 28.7 Å². The number of pyridine rings is 1. The van der Waals surface area contributed by atoms with Gasteiger partial charge in [-0.15, -0.1) is 0 Å². The second-order valence-electron chi connectivity index (χ2n) is 5.44. The van der Waals surface area contributed by atoms with Crippen molar-refractivity contribution in [2.75, 3.05) is 13.7 Å². The molecule has 28 heavy (non-hydrogen) atoms. The second-order valence-corrected chi connectivity index (χ2v) is 7.73. The van der Waals surface area contributed by atoms with Gasteiger partial charge >= 0.3 is 6.18 Å². The summed E-state index contributed by atoms with van der Waals surface area (Å²) in [6.07, 6.45) is -3.26. The van der Waals surface area contributed by atoms with Crippen LogP contribution in [0.4, 0.5) is 13.2 Å². The third kappa shape index (κ3) is 6.08. The number of amides is 1. The van der Waals surface area contributed by atoms with Crippen LogP contribution >= 0.6 is 11.6 Å². The number of carbonyl (C=O) groups is 1. The molecule has 0 radical (unpaired) electrons. The molecule has 1 aromatic heterocycles. The van der Waals surface area contributed by atoms with E-state index in [9.17, 15) is 26.4 Å². The highest BCUT2D eigenvalue weighted by atomic mass is 35.5. The number of ether oxygens (including phenoxy) is 1. The number of alkyl halides is 3. The molecule has 0 aliphatic carbocycles. The van der Waals surface area contributed by atoms with Crippen molar-refractivity contribution >= 4 is 27.5 Å². The van der Waals surface area contributed by atoms with Gasteiger partial charge in [0.05, 0.1) is 15.5 Å². The van der Waals surface area contributed by atoms with Gasteiger partial charge in [0.25, 0.3) is 5.91 Å². The predicted molar refractivity (Wildman–Crippen MR) is 94.7 cm³/mol. The van der Waals surface area contributed by atoms with Crippen molar-refractivity contribution in [2.45, 2.75) is 17.6 Å². The van der Waals surface area contributed by atoms with E-state index in [1.165, 1.54) is 37.5 Å². The first-order valence-corrected chi connectivity index (χ1v) is 9.54. The van der Waals surface area contributed by atoms with Crippen molar-refractivity contribution in [1.82, 2.24) is 15.0 Å². The number of sulfonamides is 1. The molecular formula is C16H15ClF3N3O4S. The Kier molecular flexibility index (Phi) is 6.86. The van der Waals surface area contributed by atoms with Crippen LogP contribution in [0.2, 0.25) is 5.02 Å². The zero-order valence-electron chi connectivity index (χ0n) is 14.4. The fourth-order valence-electron chi connectivity index (χ4n) is 2.04. The average Bonchev–Trinajstić information content (AvgIpc) is 2.64. The van der Waals surface area contributed by atoms with Crippen molar-refractivity contribution < 1.29 is 31.1 Å². The summed E-state index contributed by atoms with van der Waals surface area (Å²) in [5, 5.41) is 2.55. The maximum atomic E-state index is 12.3. The van der Waals surface area contributed by atoms with Gasteiger partial charge in [0.15, 0.2) is 6.61 Å². The Labute approximate surface area is 163 Å². The number of nitrogens with zero attached hydrogens (tertiary/aromatic N) is 1. The van der Waals surface area contributed by atoms with E-state index >= 15 is 0 Å². The molecule has 2 rings (SSSR count). The highest BCUT2D eigenvalue weighted by molar-refractivity contribution is 7.89. The summed E-state index contributed by atoms with van der Waals surface area (Å²) < 4.78 is 66.9. The minimum absolute atomic E-state index is 0.0384. The van der Waals surface area contributed by atoms with Crippen LogP contribution in [0.3, 0.4) is 0 Å². The largest absolute Gasteiger partial charge is 0.468 e. The summed E-state index contributed by atoms with van der Waals surface area (Å²) in [6.45, 7) is -1.55. The van der Waals surface area contributed by atoms with Crippen molar-refractivity contribution in [3.05, 3.63) is 52.7 Å². The average molecular weight is 438 g/mol. The number of nitrogens with one attached hydrogen (secondary N) is 2. The quantitative estimate of drug-likeness (QED) is 0.693. The molecule has 0 spiro atoms. The molecule has 2 N–H and O–H groups in total. The second kappa shape index (κ2) is 8.76. The summed E-state index contributed by atoms with van der Waals surface area (Å²) in [5.41, 5.74) is 0.358. The standard InChI is InChI=1S/C16H15ClF3N3O4S/c1-21-28(25,26)11-2-3-13(17)12(7-11)15(24)23-8-10-4-5-22-14(6-10)27-9-16(18,19)20/h2-7,21H,8-9H2,1H3,(H,23,24). The zero-order chi connectivity index (χ0) is 20.9. The van der Waals surface area contributed by atoms with Gasteiger partial charge in [0.1, 0.15) is 0 Å². The van der Waals surface area contributed by atoms with Crippen LogP contribution in [0.15, 0.2) is 41.4 Å². The number of aromatic nitrogens is 1. The lowest BCUT2D eigenvalue weighted by Gasteiger charge is -2.11. The lowest BCUT2D eigenvalue weighted by atomic mass is 10.2. The van der Waals surface area contributed by atoms with Gasteiger partial charge < -0.3 is 10.1 Å². The summed E-state index contributed by atoms with van der Waals surface area (Å²) in [5.74, 6) is -0.906. The molecule has 0 unspecified atom stereocenters. The normalized spacial score (nSPS) is 11.9. The van der Waals surface area contributed by atoms with Crippen LogP contribution in [0, 0.1) is 0 Å². The summed E-state index contributed by atoms with van der Waals surface area (Å²) in [7, 11) is -2.54. The molecule has 1 aromatic carbocycles. The van der Waals surface area contributed by atoms with Crippen LogP contribution in [0.25, 0.3) is 0 Å². The van der Waals surface area contributed by atoms with Gasteiger partial charge in [-0.25, -0.2) is 18.1 Å². The molecule has 0 atom stereocenters. The summed E-state index contributed by atoms with van der Waals surface area (Å²) >= 11 is 5.96. The molecule has 1 amide bonds. The van der Waals surface area contributed by atoms with E-state index in [4.69, 9.17) is 11.6 Å². The van der Waals surface area contributed by atoms with E-state index in [2.05, 4.69) is 19.8 Å². The number of benzene rings is 1. The van der Waals surface area contributed by atoms with Gasteiger partial charge in [-0.3, -0.25) is 4.79 Å². The minimum Gasteiger partial charge on any atom is -0.468 e. The van der Waals surface area contributed by atoms with E-state index in [1.54, 1.807) is 0 Å². The molecule has 0 aliphatic rings. The van der Waals surface area contributed by atoms with Crippen molar-refractivity contribution in [3.63, 3.8) is 0 Å². The topological polar surface area (TPSA) is 97.4 Å². The number of halogens is 4. The fourth-order valence-corrected chi connectivity index (χ4v) is 3.00. The van der Waals surface area contributed by atoms with Crippen LogP contribution < -0.4 is 14.8 Å². The highest BCUT2D eigenvalue weighted by Crippen LogP contribution is 2.21. The third-order valence-electron chi connectivity index (χ3n) is 3.40. The monoisotopic (exact) mass is 437 g/mol. The molecule has 0 aliphatic heterocycles. The first kappa shape index (κ1) is 21.9. The zero-order valence-corrected chi connectivity index (χ0v) is 16.0. The Hall–Kier alpha value is -2.37. The molecule has 1 heterocycles. The van der Waals surface area contributed by atoms with Gasteiger partial charge in [-0.05, 0) is 36.9 Å². The Morgan fingerprint density at radius 2 is 1.96 bits per heavy atom. The lowest BCUT2D eigenvalue weighted by molar-refractivity contribution is -0.154. The fraction of sp³-hybridized carbons (Fsp3) is 0.250. The SMILES string of the molecule is CNS(=O)(=O)c1ccc(Cl)c(C(=O)NCc2ccnc(OCC(F)(F)F)c2)c1. The molecule has 12 heteroatoms. The molecule has 0 saturated carbocycles. The first-order valence-electron chi connectivity index (χ1n) is 7.67. The van der Waals surface area contributed by atoms with E-state index in [1.807, 2.05) is 0 Å². The van der Waals surface area contributed by atoms with Crippen LogP contribution in [-0.2, 0) is 16.6 Å². The maximum Gasteiger partial charge on any atom is 0.422 e. The van der Waals surface area contributed by atoms with Crippen molar-refractivity contribution in [3.8, 4) is 5.88 Å². The van der Waals surface area contributed by atoms with Gasteiger partial charge in [0.2, 0.25) is 15.9 Å². The Morgan fingerprint density at radius 3 is 2.61 bits per heavy atom. The van der Waals surface area contributed by atoms with Crippen LogP contribution in [-0.4, -0.2) is 39.1 Å².